The first-order valence-electron chi connectivity index (χ1n) is 6.17. The number of nitrogens with zero attached hydrogens (tertiary/aromatic N) is 3. The van der Waals surface area contributed by atoms with E-state index < -0.39 is 0 Å². The first kappa shape index (κ1) is 12.9. The molecular formula is C14H13N3O2S. The van der Waals surface area contributed by atoms with Gasteiger partial charge in [-0.25, -0.2) is 0 Å². The molecule has 0 spiro atoms. The first-order chi connectivity index (χ1) is 9.78. The van der Waals surface area contributed by atoms with Crippen molar-refractivity contribution in [3.05, 3.63) is 58.5 Å². The molecule has 0 fully saturated rings. The van der Waals surface area contributed by atoms with Crippen molar-refractivity contribution in [1.29, 1.82) is 0 Å². The summed E-state index contributed by atoms with van der Waals surface area (Å²) in [5.74, 6) is 1.81. The van der Waals surface area contributed by atoms with Crippen LogP contribution in [-0.2, 0) is 12.3 Å². The van der Waals surface area contributed by atoms with Crippen molar-refractivity contribution in [2.75, 3.05) is 6.26 Å². The Bertz CT molecular complexity index is 794. The van der Waals surface area contributed by atoms with Crippen molar-refractivity contribution < 1.29 is 4.52 Å². The van der Waals surface area contributed by atoms with E-state index in [2.05, 4.69) is 10.1 Å². The molecule has 0 aliphatic rings. The smallest absolute Gasteiger partial charge is 0.251 e. The maximum Gasteiger partial charge on any atom is 0.251 e. The summed E-state index contributed by atoms with van der Waals surface area (Å²) in [5, 5.41) is 4.90. The molecule has 0 saturated carbocycles. The first-order valence-corrected chi connectivity index (χ1v) is 7.56. The largest absolute Gasteiger partial charge is 0.337 e. The van der Waals surface area contributed by atoms with Crippen LogP contribution in [0, 0.1) is 0 Å². The number of pyridine rings is 1. The zero-order chi connectivity index (χ0) is 13.9. The van der Waals surface area contributed by atoms with Crippen LogP contribution in [0.1, 0.15) is 11.7 Å². The van der Waals surface area contributed by atoms with E-state index in [-0.39, 0.29) is 5.56 Å². The average Bonchev–Trinajstić information content (AvgIpc) is 2.90. The molecule has 0 aliphatic carbocycles. The Morgan fingerprint density at radius 3 is 2.95 bits per heavy atom. The summed E-state index contributed by atoms with van der Waals surface area (Å²) in [4.78, 5) is 16.3. The van der Waals surface area contributed by atoms with E-state index in [1.165, 1.54) is 0 Å². The van der Waals surface area contributed by atoms with E-state index in [9.17, 15) is 4.79 Å². The van der Waals surface area contributed by atoms with Gasteiger partial charge in [0, 0.05) is 6.07 Å². The van der Waals surface area contributed by atoms with Crippen LogP contribution in [-0.4, -0.2) is 21.0 Å². The standard InChI is InChI=1S/C14H13N3O2S/c1-20-9-12-15-13(19-16-12)8-17-11-5-3-2-4-10(11)6-7-14(17)18/h2-7H,8-9H2,1H3. The minimum absolute atomic E-state index is 0.0756. The minimum Gasteiger partial charge on any atom is -0.337 e. The molecule has 6 heteroatoms. The van der Waals surface area contributed by atoms with Gasteiger partial charge in [0.25, 0.3) is 5.56 Å². The molecule has 0 amide bonds. The van der Waals surface area contributed by atoms with Crippen LogP contribution in [0.3, 0.4) is 0 Å². The van der Waals surface area contributed by atoms with Crippen LogP contribution in [0.15, 0.2) is 45.7 Å². The van der Waals surface area contributed by atoms with Crippen LogP contribution in [0.25, 0.3) is 10.9 Å². The number of benzene rings is 1. The fourth-order valence-corrected chi connectivity index (χ4v) is 2.46. The molecule has 0 unspecified atom stereocenters. The predicted molar refractivity (Wildman–Crippen MR) is 78.8 cm³/mol. The van der Waals surface area contributed by atoms with E-state index in [4.69, 9.17) is 4.52 Å². The molecular weight excluding hydrogens is 274 g/mol. The van der Waals surface area contributed by atoms with Gasteiger partial charge in [-0.3, -0.25) is 9.36 Å². The summed E-state index contributed by atoms with van der Waals surface area (Å²) in [5.41, 5.74) is 0.790. The van der Waals surface area contributed by atoms with Crippen LogP contribution in [0.2, 0.25) is 0 Å². The molecule has 1 aromatic carbocycles. The molecule has 3 rings (SSSR count). The Balaban J connectivity index is 2.01. The third kappa shape index (κ3) is 2.46. The maximum atomic E-state index is 12.0. The molecule has 5 nitrogen and oxygen atoms in total. The molecule has 3 aromatic rings. The van der Waals surface area contributed by atoms with Gasteiger partial charge in [-0.15, -0.1) is 0 Å². The number of rotatable bonds is 4. The van der Waals surface area contributed by atoms with Gasteiger partial charge in [0.1, 0.15) is 6.54 Å². The van der Waals surface area contributed by atoms with Crippen molar-refractivity contribution >= 4 is 22.7 Å². The number of thioether (sulfide) groups is 1. The van der Waals surface area contributed by atoms with Crippen LogP contribution in [0.4, 0.5) is 0 Å². The van der Waals surface area contributed by atoms with Gasteiger partial charge in [-0.05, 0) is 23.8 Å². The quantitative estimate of drug-likeness (QED) is 0.737. The van der Waals surface area contributed by atoms with E-state index in [0.717, 1.165) is 10.9 Å². The lowest BCUT2D eigenvalue weighted by Crippen LogP contribution is -2.20. The monoisotopic (exact) mass is 287 g/mol. The normalized spacial score (nSPS) is 11.1. The van der Waals surface area contributed by atoms with Gasteiger partial charge in [0.2, 0.25) is 5.89 Å². The topological polar surface area (TPSA) is 60.9 Å². The molecule has 0 saturated heterocycles. The highest BCUT2D eigenvalue weighted by Crippen LogP contribution is 2.13. The summed E-state index contributed by atoms with van der Waals surface area (Å²) >= 11 is 1.63. The summed E-state index contributed by atoms with van der Waals surface area (Å²) in [7, 11) is 0. The molecule has 0 bridgehead atoms. The molecule has 0 N–H and O–H groups in total. The summed E-state index contributed by atoms with van der Waals surface area (Å²) in [6, 6.07) is 11.1. The summed E-state index contributed by atoms with van der Waals surface area (Å²) in [6.07, 6.45) is 1.98. The Hall–Kier alpha value is -2.08. The number of hydrogen-bond donors (Lipinski definition) is 0. The highest BCUT2D eigenvalue weighted by atomic mass is 32.2. The lowest BCUT2D eigenvalue weighted by molar-refractivity contribution is 0.367. The van der Waals surface area contributed by atoms with Crippen LogP contribution < -0.4 is 5.56 Å². The SMILES string of the molecule is CSCc1noc(Cn2c(=O)ccc3ccccc32)n1. The predicted octanol–water partition coefficient (Wildman–Crippen LogP) is 2.30. The highest BCUT2D eigenvalue weighted by Gasteiger charge is 2.09. The van der Waals surface area contributed by atoms with E-state index in [0.29, 0.717) is 24.0 Å². The number of fused-ring (bicyclic) bond motifs is 1. The number of hydrogen-bond acceptors (Lipinski definition) is 5. The van der Waals surface area contributed by atoms with E-state index in [1.54, 1.807) is 22.4 Å². The Kier molecular flexibility index (Phi) is 3.56. The number of aromatic nitrogens is 3. The molecule has 2 heterocycles. The molecule has 2 aromatic heterocycles. The van der Waals surface area contributed by atoms with Gasteiger partial charge in [-0.2, -0.15) is 16.7 Å². The third-order valence-electron chi connectivity index (χ3n) is 2.98. The zero-order valence-corrected chi connectivity index (χ0v) is 11.8. The Labute approximate surface area is 119 Å². The second-order valence-corrected chi connectivity index (χ2v) is 5.22. The van der Waals surface area contributed by atoms with Crippen molar-refractivity contribution in [2.45, 2.75) is 12.3 Å². The van der Waals surface area contributed by atoms with Crippen molar-refractivity contribution in [2.24, 2.45) is 0 Å². The second kappa shape index (κ2) is 5.50. The molecule has 20 heavy (non-hydrogen) atoms. The van der Waals surface area contributed by atoms with Crippen molar-refractivity contribution in [3.63, 3.8) is 0 Å². The van der Waals surface area contributed by atoms with Gasteiger partial charge >= 0.3 is 0 Å². The van der Waals surface area contributed by atoms with Crippen molar-refractivity contribution in [3.8, 4) is 0 Å². The lowest BCUT2D eigenvalue weighted by atomic mass is 10.2. The Morgan fingerprint density at radius 1 is 1.25 bits per heavy atom. The molecule has 0 radical (unpaired) electrons. The highest BCUT2D eigenvalue weighted by molar-refractivity contribution is 7.97. The van der Waals surface area contributed by atoms with E-state index in [1.807, 2.05) is 36.6 Å². The fourth-order valence-electron chi connectivity index (χ4n) is 2.08. The summed E-state index contributed by atoms with van der Waals surface area (Å²) < 4.78 is 6.84. The van der Waals surface area contributed by atoms with Gasteiger partial charge < -0.3 is 4.52 Å². The second-order valence-electron chi connectivity index (χ2n) is 4.35. The van der Waals surface area contributed by atoms with Crippen molar-refractivity contribution in [1.82, 2.24) is 14.7 Å². The van der Waals surface area contributed by atoms with E-state index >= 15 is 0 Å². The lowest BCUT2D eigenvalue weighted by Gasteiger charge is -2.06. The summed E-state index contributed by atoms with van der Waals surface area (Å²) in [6.45, 7) is 0.293. The third-order valence-corrected chi connectivity index (χ3v) is 3.52. The van der Waals surface area contributed by atoms with Crippen LogP contribution >= 0.6 is 11.8 Å². The zero-order valence-electron chi connectivity index (χ0n) is 10.9. The average molecular weight is 287 g/mol. The maximum absolute atomic E-state index is 12.0. The number of para-hydroxylation sites is 1. The fraction of sp³-hybridized carbons (Fsp3) is 0.214. The minimum atomic E-state index is -0.0756. The van der Waals surface area contributed by atoms with Gasteiger partial charge in [-0.1, -0.05) is 23.4 Å². The Morgan fingerprint density at radius 2 is 2.10 bits per heavy atom. The molecule has 102 valence electrons. The van der Waals surface area contributed by atoms with Gasteiger partial charge in [0.15, 0.2) is 5.82 Å². The van der Waals surface area contributed by atoms with Crippen LogP contribution in [0.5, 0.6) is 0 Å². The van der Waals surface area contributed by atoms with Gasteiger partial charge in [0.05, 0.1) is 11.3 Å². The molecule has 0 atom stereocenters. The molecule has 0 aliphatic heterocycles.